The van der Waals surface area contributed by atoms with E-state index < -0.39 is 110 Å². The van der Waals surface area contributed by atoms with E-state index in [2.05, 4.69) is 102 Å². The first kappa shape index (κ1) is 56.0. The average Bonchev–Trinajstić information content (AvgIpc) is 4.03. The van der Waals surface area contributed by atoms with E-state index in [4.69, 9.17) is 53.6 Å². The summed E-state index contributed by atoms with van der Waals surface area (Å²) in [7, 11) is -3.59. The maximum Gasteiger partial charge on any atom is 0.407 e. The Kier molecular flexibility index (Phi) is 17.2. The highest BCUT2D eigenvalue weighted by atomic mass is 32.7. The zero-order valence-corrected chi connectivity index (χ0v) is 47.4. The topological polar surface area (TPSA) is 274 Å². The van der Waals surface area contributed by atoms with E-state index in [0.29, 0.717) is 24.4 Å². The van der Waals surface area contributed by atoms with Crippen LogP contribution in [-0.4, -0.2) is 156 Å². The number of nitrogens with zero attached hydrogens (tertiary/aromatic N) is 7. The Morgan fingerprint density at radius 2 is 1.74 bits per heavy atom. The zero-order valence-electron chi connectivity index (χ0n) is 41.9. The van der Waals surface area contributed by atoms with Gasteiger partial charge in [-0.15, -0.1) is 0 Å². The number of anilines is 1. The summed E-state index contributed by atoms with van der Waals surface area (Å²) >= 11 is 9.95. The molecule has 4 aliphatic heterocycles. The Bertz CT molecular complexity index is 2820. The van der Waals surface area contributed by atoms with Gasteiger partial charge in [-0.2, -0.15) is 0 Å². The van der Waals surface area contributed by atoms with Gasteiger partial charge < -0.3 is 53.6 Å². The lowest BCUT2D eigenvalue weighted by Crippen LogP contribution is -2.47. The lowest BCUT2D eigenvalue weighted by atomic mass is 10.1. The molecule has 0 aliphatic carbocycles. The summed E-state index contributed by atoms with van der Waals surface area (Å²) in [6, 6.07) is 0.800. The SMILES string of the molecule is CC(C)(C)[Si](C)(C)CO[C@H]1[C@H]2OP(O)(=S)OC[C@H]3O[C@@H](n4cc5c6c(ncnc64)NCCC5)[C@H](F)[C@@H]3OP(=O)(S)OC[C@H]1O[C@H]2n1cnc2c(=O)n(CCOCNC(=O)CNC(=O)OCC[Si](C)(C)C)cnc21. The van der Waals surface area contributed by atoms with Gasteiger partial charge >= 0.3 is 19.6 Å². The number of imidazole rings is 1. The molecular formula is C42H65FN10O14P2S2Si2. The molecule has 8 heterocycles. The van der Waals surface area contributed by atoms with Gasteiger partial charge in [0.2, 0.25) is 5.91 Å². The van der Waals surface area contributed by atoms with Crippen molar-refractivity contribution in [2.75, 3.05) is 57.8 Å². The summed E-state index contributed by atoms with van der Waals surface area (Å²) in [5.41, 5.74) is 0.780. The number of alkyl halides is 1. The molecule has 4 aromatic rings. The largest absolute Gasteiger partial charge is 0.450 e. The van der Waals surface area contributed by atoms with Gasteiger partial charge in [-0.1, -0.05) is 65.8 Å². The number of rotatable bonds is 15. The number of nitrogens with one attached hydrogen (secondary N) is 3. The minimum Gasteiger partial charge on any atom is -0.450 e. The quantitative estimate of drug-likeness (QED) is 0.0337. The first-order chi connectivity index (χ1) is 34.3. The molecule has 8 rings (SSSR count). The summed E-state index contributed by atoms with van der Waals surface area (Å²) in [5.74, 6) is 0.109. The monoisotopic (exact) mass is 1130 g/mol. The van der Waals surface area contributed by atoms with Crippen LogP contribution in [0.5, 0.6) is 0 Å². The standard InChI is InChI=1S/C42H65FN10O14P2S2Si2/c1-42(2,3)73(7,8)24-61-33-27-19-63-68(57,70)66-32-26(64-39(30(32)43)52-17-25-10-9-11-44-35-29(25)36(52)47-20-46-35)18-62-69(58,71)67-34(33)40(65-27)53-22-48-31-37(53)49-21-51(38(31)55)12-13-59-23-50-28(54)16-45-41(56)60-14-15-72(4,5)6/h17,20-22,26-27,30,32-34,39-40H,9-16,18-19,23-24H2,1-8H3,(H,45,56)(H,50,54)(H,57,70)(H,58,71)(H,44,46,47)/t26-,27-,30-,32-,33-,34-,39-,40-,68?,69?/m1/s1. The van der Waals surface area contributed by atoms with Gasteiger partial charge in [0, 0.05) is 27.0 Å². The molecule has 3 fully saturated rings. The minimum absolute atomic E-state index is 0.00634. The maximum atomic E-state index is 16.9. The molecule has 4 aliphatic rings. The molecule has 73 heavy (non-hydrogen) atoms. The number of alkyl carbamates (subject to hydrolysis) is 1. The molecule has 10 atom stereocenters. The van der Waals surface area contributed by atoms with E-state index in [0.717, 1.165) is 23.4 Å². The first-order valence-electron chi connectivity index (χ1n) is 23.9. The second kappa shape index (κ2) is 22.4. The fraction of sp³-hybridized carbons (Fsp3) is 0.690. The van der Waals surface area contributed by atoms with Gasteiger partial charge in [-0.25, -0.2) is 33.7 Å². The Labute approximate surface area is 433 Å². The molecule has 2 unspecified atom stereocenters. The van der Waals surface area contributed by atoms with E-state index in [-0.39, 0.29) is 55.5 Å². The highest BCUT2D eigenvalue weighted by molar-refractivity contribution is 8.44. The van der Waals surface area contributed by atoms with Crippen LogP contribution >= 0.6 is 25.8 Å². The Morgan fingerprint density at radius 3 is 2.49 bits per heavy atom. The number of fused-ring (bicyclic) bond motifs is 4. The summed E-state index contributed by atoms with van der Waals surface area (Å²) in [4.78, 5) is 67.7. The highest BCUT2D eigenvalue weighted by Crippen LogP contribution is 2.59. The van der Waals surface area contributed by atoms with E-state index in [9.17, 15) is 23.8 Å². The summed E-state index contributed by atoms with van der Waals surface area (Å²) in [5, 5.41) is 8.81. The molecule has 2 bridgehead atoms. The molecule has 4 aromatic heterocycles. The molecule has 3 saturated heterocycles. The van der Waals surface area contributed by atoms with Gasteiger partial charge in [0.1, 0.15) is 67.9 Å². The van der Waals surface area contributed by atoms with Crippen molar-refractivity contribution in [2.24, 2.45) is 0 Å². The fourth-order valence-corrected chi connectivity index (χ4v) is 13.0. The van der Waals surface area contributed by atoms with E-state index in [1.807, 2.05) is 0 Å². The molecule has 24 nitrogen and oxygen atoms in total. The summed E-state index contributed by atoms with van der Waals surface area (Å²) in [6.45, 7) is 7.77. The number of amides is 2. The molecule has 2 amide bonds. The van der Waals surface area contributed by atoms with Crippen molar-refractivity contribution in [2.45, 2.75) is 133 Å². The van der Waals surface area contributed by atoms with Crippen molar-refractivity contribution in [3.8, 4) is 0 Å². The number of carbonyl (C=O) groups is 2. The third-order valence-corrected chi connectivity index (χ3v) is 23.4. The molecule has 0 radical (unpaired) electrons. The third kappa shape index (κ3) is 13.1. The molecule has 0 spiro atoms. The van der Waals surface area contributed by atoms with Crippen LogP contribution < -0.4 is 21.5 Å². The van der Waals surface area contributed by atoms with Crippen LogP contribution in [0.4, 0.5) is 15.0 Å². The Hall–Kier alpha value is -3.26. The molecule has 404 valence electrons. The number of aromatic nitrogens is 7. The Balaban J connectivity index is 0.993. The third-order valence-electron chi connectivity index (χ3n) is 13.6. The predicted octanol–water partition coefficient (Wildman–Crippen LogP) is 5.19. The van der Waals surface area contributed by atoms with Crippen molar-refractivity contribution >= 4 is 93.7 Å². The van der Waals surface area contributed by atoms with Crippen molar-refractivity contribution in [3.63, 3.8) is 0 Å². The number of hydrogen-bond acceptors (Lipinski definition) is 19. The molecule has 31 heteroatoms. The minimum atomic E-state index is -4.46. The average molecular weight is 1140 g/mol. The molecule has 0 saturated carbocycles. The Morgan fingerprint density at radius 1 is 0.986 bits per heavy atom. The lowest BCUT2D eigenvalue weighted by molar-refractivity contribution is -0.121. The smallest absolute Gasteiger partial charge is 0.407 e. The van der Waals surface area contributed by atoms with Gasteiger partial charge in [0.15, 0.2) is 29.8 Å². The van der Waals surface area contributed by atoms with Gasteiger partial charge in [0.05, 0.1) is 52.8 Å². The normalized spacial score (nSPS) is 29.1. The number of aryl methyl sites for hydroxylation is 1. The molecular weight excluding hydrogens is 1070 g/mol. The predicted molar refractivity (Wildman–Crippen MR) is 277 cm³/mol. The summed E-state index contributed by atoms with van der Waals surface area (Å²) in [6.07, 6.45) is -4.18. The van der Waals surface area contributed by atoms with Crippen LogP contribution in [0, 0.1) is 0 Å². The van der Waals surface area contributed by atoms with Crippen molar-refractivity contribution < 1.29 is 65.2 Å². The van der Waals surface area contributed by atoms with Gasteiger partial charge in [-0.3, -0.25) is 32.3 Å². The van der Waals surface area contributed by atoms with Crippen LogP contribution in [-0.2, 0) is 75.9 Å². The second-order valence-corrected chi connectivity index (χ2v) is 38.0. The number of carbonyl (C=O) groups excluding carboxylic acids is 2. The van der Waals surface area contributed by atoms with Crippen molar-refractivity contribution in [3.05, 3.63) is 41.1 Å². The maximum absolute atomic E-state index is 16.9. The van der Waals surface area contributed by atoms with Gasteiger partial charge in [0.25, 0.3) is 5.56 Å². The second-order valence-electron chi connectivity index (χ2n) is 21.2. The van der Waals surface area contributed by atoms with Crippen molar-refractivity contribution in [1.82, 2.24) is 44.3 Å². The van der Waals surface area contributed by atoms with E-state index >= 15 is 4.39 Å². The van der Waals surface area contributed by atoms with Crippen LogP contribution in [0.1, 0.15) is 45.2 Å². The highest BCUT2D eigenvalue weighted by Gasteiger charge is 2.55. The number of halogens is 1. The summed E-state index contributed by atoms with van der Waals surface area (Å²) < 4.78 is 89.7. The number of hydrogen-bond donors (Lipinski definition) is 5. The fourth-order valence-electron chi connectivity index (χ4n) is 8.32. The van der Waals surface area contributed by atoms with E-state index in [1.165, 1.54) is 28.1 Å². The van der Waals surface area contributed by atoms with Crippen molar-refractivity contribution in [1.29, 1.82) is 0 Å². The number of ether oxygens (including phenoxy) is 5. The number of thiol groups is 1. The van der Waals surface area contributed by atoms with Gasteiger partial charge in [-0.05, 0) is 41.3 Å². The van der Waals surface area contributed by atoms with Crippen LogP contribution in [0.15, 0.2) is 30.0 Å². The molecule has 4 N–H and O–H groups in total. The first-order valence-corrected chi connectivity index (χ1v) is 36.1. The van der Waals surface area contributed by atoms with E-state index in [1.54, 1.807) is 10.8 Å². The van der Waals surface area contributed by atoms with Crippen LogP contribution in [0.2, 0.25) is 43.8 Å². The van der Waals surface area contributed by atoms with Crippen LogP contribution in [0.25, 0.3) is 22.2 Å². The zero-order chi connectivity index (χ0) is 52.7. The van der Waals surface area contributed by atoms with Crippen LogP contribution in [0.3, 0.4) is 0 Å². The molecule has 0 aromatic carbocycles. The lowest BCUT2D eigenvalue weighted by Gasteiger charge is -2.38.